The summed E-state index contributed by atoms with van der Waals surface area (Å²) in [6.45, 7) is 2.18. The minimum absolute atomic E-state index is 0.190. The summed E-state index contributed by atoms with van der Waals surface area (Å²) in [6.07, 6.45) is 1.91. The fourth-order valence-electron chi connectivity index (χ4n) is 2.31. The summed E-state index contributed by atoms with van der Waals surface area (Å²) in [5.74, 6) is 1.79. The van der Waals surface area contributed by atoms with Crippen molar-refractivity contribution in [3.63, 3.8) is 0 Å². The number of ether oxygens (including phenoxy) is 2. The molecular formula is C18H21FO2. The lowest BCUT2D eigenvalue weighted by Crippen LogP contribution is -1.98. The Kier molecular flexibility index (Phi) is 5.20. The molecule has 0 fully saturated rings. The maximum atomic E-state index is 12.9. The first kappa shape index (κ1) is 15.4. The third-order valence-corrected chi connectivity index (χ3v) is 3.72. The standard InChI is InChI=1S/C18H21FO2/c1-13(4-5-14-6-8-16(19)9-7-14)15-10-17(20-2)12-18(11-15)21-3/h6-13H,4-5H2,1-3H3/t13-/m1/s1. The predicted molar refractivity (Wildman–Crippen MR) is 82.7 cm³/mol. The molecule has 0 heterocycles. The number of aryl methyl sites for hydroxylation is 1. The molecule has 0 aliphatic carbocycles. The van der Waals surface area contributed by atoms with Gasteiger partial charge < -0.3 is 9.47 Å². The Hall–Kier alpha value is -2.03. The van der Waals surface area contributed by atoms with Crippen LogP contribution in [0, 0.1) is 5.82 Å². The average molecular weight is 288 g/mol. The smallest absolute Gasteiger partial charge is 0.123 e. The molecule has 0 unspecified atom stereocenters. The van der Waals surface area contributed by atoms with Crippen molar-refractivity contribution >= 4 is 0 Å². The number of rotatable bonds is 6. The van der Waals surface area contributed by atoms with Gasteiger partial charge in [0.05, 0.1) is 14.2 Å². The molecule has 0 radical (unpaired) electrons. The largest absolute Gasteiger partial charge is 0.497 e. The zero-order chi connectivity index (χ0) is 15.2. The van der Waals surface area contributed by atoms with Crippen LogP contribution in [0.15, 0.2) is 42.5 Å². The van der Waals surface area contributed by atoms with Crippen molar-refractivity contribution in [2.75, 3.05) is 14.2 Å². The highest BCUT2D eigenvalue weighted by Crippen LogP contribution is 2.29. The van der Waals surface area contributed by atoms with E-state index in [0.717, 1.165) is 29.9 Å². The van der Waals surface area contributed by atoms with Crippen LogP contribution in [0.3, 0.4) is 0 Å². The molecule has 0 bridgehead atoms. The lowest BCUT2D eigenvalue weighted by atomic mass is 9.93. The zero-order valence-electron chi connectivity index (χ0n) is 12.7. The second-order valence-electron chi connectivity index (χ2n) is 5.21. The van der Waals surface area contributed by atoms with Gasteiger partial charge >= 0.3 is 0 Å². The molecule has 1 atom stereocenters. The highest BCUT2D eigenvalue weighted by atomic mass is 19.1. The minimum Gasteiger partial charge on any atom is -0.497 e. The summed E-state index contributed by atoms with van der Waals surface area (Å²) in [6, 6.07) is 12.7. The molecule has 0 saturated carbocycles. The first-order valence-electron chi connectivity index (χ1n) is 7.09. The topological polar surface area (TPSA) is 18.5 Å². The van der Waals surface area contributed by atoms with Crippen molar-refractivity contribution in [1.82, 2.24) is 0 Å². The van der Waals surface area contributed by atoms with E-state index >= 15 is 0 Å². The van der Waals surface area contributed by atoms with Crippen LogP contribution in [0.5, 0.6) is 11.5 Å². The van der Waals surface area contributed by atoms with E-state index in [1.165, 1.54) is 17.7 Å². The monoisotopic (exact) mass is 288 g/mol. The van der Waals surface area contributed by atoms with E-state index in [0.29, 0.717) is 5.92 Å². The van der Waals surface area contributed by atoms with Gasteiger partial charge in [0.2, 0.25) is 0 Å². The first-order valence-corrected chi connectivity index (χ1v) is 7.09. The fraction of sp³-hybridized carbons (Fsp3) is 0.333. The highest BCUT2D eigenvalue weighted by molar-refractivity contribution is 5.39. The Bertz CT molecular complexity index is 556. The SMILES string of the molecule is COc1cc(OC)cc([C@H](C)CCc2ccc(F)cc2)c1. The van der Waals surface area contributed by atoms with E-state index in [1.54, 1.807) is 14.2 Å². The van der Waals surface area contributed by atoms with Gasteiger partial charge in [-0.3, -0.25) is 0 Å². The predicted octanol–water partition coefficient (Wildman–Crippen LogP) is 4.58. The normalized spacial score (nSPS) is 12.0. The third kappa shape index (κ3) is 4.22. The van der Waals surface area contributed by atoms with Crippen molar-refractivity contribution in [3.05, 3.63) is 59.4 Å². The van der Waals surface area contributed by atoms with Gasteiger partial charge in [-0.2, -0.15) is 0 Å². The van der Waals surface area contributed by atoms with Gasteiger partial charge in [-0.1, -0.05) is 19.1 Å². The number of hydrogen-bond donors (Lipinski definition) is 0. The molecular weight excluding hydrogens is 267 g/mol. The molecule has 0 N–H and O–H groups in total. The molecule has 2 aromatic rings. The maximum absolute atomic E-state index is 12.9. The number of benzene rings is 2. The molecule has 0 spiro atoms. The molecule has 2 aromatic carbocycles. The van der Waals surface area contributed by atoms with E-state index < -0.39 is 0 Å². The van der Waals surface area contributed by atoms with Crippen LogP contribution in [0.1, 0.15) is 30.4 Å². The van der Waals surface area contributed by atoms with Crippen molar-refractivity contribution in [2.45, 2.75) is 25.7 Å². The number of halogens is 1. The van der Waals surface area contributed by atoms with E-state index in [1.807, 2.05) is 30.3 Å². The van der Waals surface area contributed by atoms with Crippen molar-refractivity contribution in [2.24, 2.45) is 0 Å². The summed E-state index contributed by atoms with van der Waals surface area (Å²) in [4.78, 5) is 0. The van der Waals surface area contributed by atoms with Crippen LogP contribution in [-0.2, 0) is 6.42 Å². The average Bonchev–Trinajstić information content (AvgIpc) is 2.53. The van der Waals surface area contributed by atoms with Crippen molar-refractivity contribution < 1.29 is 13.9 Å². The molecule has 3 heteroatoms. The lowest BCUT2D eigenvalue weighted by Gasteiger charge is -2.15. The van der Waals surface area contributed by atoms with Crippen LogP contribution >= 0.6 is 0 Å². The maximum Gasteiger partial charge on any atom is 0.123 e. The Labute approximate surface area is 125 Å². The van der Waals surface area contributed by atoms with Gasteiger partial charge in [0, 0.05) is 6.07 Å². The molecule has 2 rings (SSSR count). The molecule has 0 amide bonds. The quantitative estimate of drug-likeness (QED) is 0.774. The second-order valence-corrected chi connectivity index (χ2v) is 5.21. The second kappa shape index (κ2) is 7.11. The van der Waals surface area contributed by atoms with Crippen LogP contribution in [0.2, 0.25) is 0 Å². The van der Waals surface area contributed by atoms with Crippen LogP contribution < -0.4 is 9.47 Å². The van der Waals surface area contributed by atoms with Gasteiger partial charge in [-0.05, 0) is 54.2 Å². The molecule has 21 heavy (non-hydrogen) atoms. The van der Waals surface area contributed by atoms with Gasteiger partial charge in [-0.25, -0.2) is 4.39 Å². The van der Waals surface area contributed by atoms with Crippen molar-refractivity contribution in [1.29, 1.82) is 0 Å². The summed E-state index contributed by atoms with van der Waals surface area (Å²) in [5, 5.41) is 0. The summed E-state index contributed by atoms with van der Waals surface area (Å²) in [7, 11) is 3.31. The summed E-state index contributed by atoms with van der Waals surface area (Å²) in [5.41, 5.74) is 2.34. The summed E-state index contributed by atoms with van der Waals surface area (Å²) < 4.78 is 23.5. The Balaban J connectivity index is 2.05. The third-order valence-electron chi connectivity index (χ3n) is 3.72. The van der Waals surface area contributed by atoms with E-state index in [2.05, 4.69) is 6.92 Å². The summed E-state index contributed by atoms with van der Waals surface area (Å²) >= 11 is 0. The van der Waals surface area contributed by atoms with Gasteiger partial charge in [0.1, 0.15) is 17.3 Å². The lowest BCUT2D eigenvalue weighted by molar-refractivity contribution is 0.392. The molecule has 0 saturated heterocycles. The Morgan fingerprint density at radius 3 is 2.05 bits per heavy atom. The number of hydrogen-bond acceptors (Lipinski definition) is 2. The van der Waals surface area contributed by atoms with E-state index in [9.17, 15) is 4.39 Å². The molecule has 0 aliphatic rings. The fourth-order valence-corrected chi connectivity index (χ4v) is 2.31. The van der Waals surface area contributed by atoms with Crippen molar-refractivity contribution in [3.8, 4) is 11.5 Å². The molecule has 2 nitrogen and oxygen atoms in total. The Morgan fingerprint density at radius 2 is 1.52 bits per heavy atom. The van der Waals surface area contributed by atoms with E-state index in [4.69, 9.17) is 9.47 Å². The highest BCUT2D eigenvalue weighted by Gasteiger charge is 2.10. The van der Waals surface area contributed by atoms with Gasteiger partial charge in [0.15, 0.2) is 0 Å². The van der Waals surface area contributed by atoms with Crippen LogP contribution in [-0.4, -0.2) is 14.2 Å². The molecule has 112 valence electrons. The zero-order valence-corrected chi connectivity index (χ0v) is 12.7. The minimum atomic E-state index is -0.190. The Morgan fingerprint density at radius 1 is 0.952 bits per heavy atom. The molecule has 0 aliphatic heterocycles. The van der Waals surface area contributed by atoms with Gasteiger partial charge in [0.25, 0.3) is 0 Å². The van der Waals surface area contributed by atoms with E-state index in [-0.39, 0.29) is 5.82 Å². The first-order chi connectivity index (χ1) is 10.1. The van der Waals surface area contributed by atoms with Gasteiger partial charge in [-0.15, -0.1) is 0 Å². The number of methoxy groups -OCH3 is 2. The van der Waals surface area contributed by atoms with Crippen LogP contribution in [0.25, 0.3) is 0 Å². The molecule has 0 aromatic heterocycles. The van der Waals surface area contributed by atoms with Crippen LogP contribution in [0.4, 0.5) is 4.39 Å².